The number of rotatable bonds is 5. The number of anilines is 1. The summed E-state index contributed by atoms with van der Waals surface area (Å²) in [5.41, 5.74) is 2.42. The zero-order valence-electron chi connectivity index (χ0n) is 11.5. The van der Waals surface area contributed by atoms with Crippen LogP contribution >= 0.6 is 11.6 Å². The Labute approximate surface area is 129 Å². The Hall–Kier alpha value is -2.26. The standard InChI is InChI=1S/C17H16ClN3/c18-16-8-6-15(7-9-16)13-21-17(10-11-20-21)19-12-14-4-2-1-3-5-14/h1-11,19H,12-13H2. The first-order valence-corrected chi connectivity index (χ1v) is 7.23. The van der Waals surface area contributed by atoms with Crippen molar-refractivity contribution in [1.29, 1.82) is 0 Å². The summed E-state index contributed by atoms with van der Waals surface area (Å²) in [5, 5.41) is 8.53. The van der Waals surface area contributed by atoms with Crippen LogP contribution in [-0.4, -0.2) is 9.78 Å². The maximum atomic E-state index is 5.91. The molecular weight excluding hydrogens is 282 g/mol. The van der Waals surface area contributed by atoms with Gasteiger partial charge in [0.15, 0.2) is 0 Å². The first-order valence-electron chi connectivity index (χ1n) is 6.85. The number of nitrogens with zero attached hydrogens (tertiary/aromatic N) is 2. The fourth-order valence-corrected chi connectivity index (χ4v) is 2.29. The SMILES string of the molecule is Clc1ccc(Cn2nccc2NCc2ccccc2)cc1. The van der Waals surface area contributed by atoms with Gasteiger partial charge in [-0.2, -0.15) is 5.10 Å². The molecule has 1 heterocycles. The molecule has 4 heteroatoms. The Morgan fingerprint density at radius 2 is 1.67 bits per heavy atom. The monoisotopic (exact) mass is 297 g/mol. The van der Waals surface area contributed by atoms with Gasteiger partial charge in [-0.15, -0.1) is 0 Å². The van der Waals surface area contributed by atoms with Gasteiger partial charge in [-0.05, 0) is 23.3 Å². The Morgan fingerprint density at radius 3 is 2.43 bits per heavy atom. The third-order valence-corrected chi connectivity index (χ3v) is 3.53. The van der Waals surface area contributed by atoms with Crippen LogP contribution in [0.15, 0.2) is 66.9 Å². The molecule has 0 amide bonds. The van der Waals surface area contributed by atoms with Crippen LogP contribution in [-0.2, 0) is 13.1 Å². The van der Waals surface area contributed by atoms with E-state index in [1.165, 1.54) is 11.1 Å². The van der Waals surface area contributed by atoms with Gasteiger partial charge in [-0.25, -0.2) is 4.68 Å². The molecule has 3 nitrogen and oxygen atoms in total. The average molecular weight is 298 g/mol. The maximum absolute atomic E-state index is 5.91. The van der Waals surface area contributed by atoms with Gasteiger partial charge in [0.05, 0.1) is 12.7 Å². The largest absolute Gasteiger partial charge is 0.366 e. The van der Waals surface area contributed by atoms with Crippen LogP contribution in [0.3, 0.4) is 0 Å². The molecule has 2 aromatic carbocycles. The average Bonchev–Trinajstić information content (AvgIpc) is 2.96. The summed E-state index contributed by atoms with van der Waals surface area (Å²) >= 11 is 5.91. The van der Waals surface area contributed by atoms with Gasteiger partial charge >= 0.3 is 0 Å². The number of nitrogens with one attached hydrogen (secondary N) is 1. The second-order valence-electron chi connectivity index (χ2n) is 4.84. The molecule has 21 heavy (non-hydrogen) atoms. The number of hydrogen-bond acceptors (Lipinski definition) is 2. The van der Waals surface area contributed by atoms with Gasteiger partial charge < -0.3 is 5.32 Å². The van der Waals surface area contributed by atoms with Gasteiger partial charge in [-0.1, -0.05) is 54.1 Å². The van der Waals surface area contributed by atoms with Gasteiger partial charge in [0.1, 0.15) is 5.82 Å². The van der Waals surface area contributed by atoms with Gasteiger partial charge in [0, 0.05) is 17.6 Å². The number of aromatic nitrogens is 2. The molecule has 0 saturated carbocycles. The fraction of sp³-hybridized carbons (Fsp3) is 0.118. The van der Waals surface area contributed by atoms with E-state index in [0.717, 1.165) is 23.9 Å². The molecule has 0 bridgehead atoms. The van der Waals surface area contributed by atoms with Crippen LogP contribution in [0, 0.1) is 0 Å². The van der Waals surface area contributed by atoms with Crippen LogP contribution in [0.4, 0.5) is 5.82 Å². The Balaban J connectivity index is 1.68. The quantitative estimate of drug-likeness (QED) is 0.765. The van der Waals surface area contributed by atoms with E-state index in [4.69, 9.17) is 11.6 Å². The smallest absolute Gasteiger partial charge is 0.124 e. The number of benzene rings is 2. The molecule has 0 spiro atoms. The third kappa shape index (κ3) is 3.64. The number of hydrogen-bond donors (Lipinski definition) is 1. The first-order chi connectivity index (χ1) is 10.3. The fourth-order valence-electron chi connectivity index (χ4n) is 2.16. The minimum Gasteiger partial charge on any atom is -0.366 e. The summed E-state index contributed by atoms with van der Waals surface area (Å²) in [6, 6.07) is 20.1. The van der Waals surface area contributed by atoms with E-state index in [-0.39, 0.29) is 0 Å². The molecular formula is C17H16ClN3. The number of halogens is 1. The van der Waals surface area contributed by atoms with Crippen molar-refractivity contribution in [2.24, 2.45) is 0 Å². The summed E-state index contributed by atoms with van der Waals surface area (Å²) in [7, 11) is 0. The zero-order valence-corrected chi connectivity index (χ0v) is 12.3. The first kappa shape index (κ1) is 13.7. The lowest BCUT2D eigenvalue weighted by Crippen LogP contribution is -2.08. The molecule has 1 aromatic heterocycles. The molecule has 106 valence electrons. The topological polar surface area (TPSA) is 29.9 Å². The predicted octanol–water partition coefficient (Wildman–Crippen LogP) is 4.20. The Bertz CT molecular complexity index is 690. The molecule has 0 radical (unpaired) electrons. The van der Waals surface area contributed by atoms with Crippen molar-refractivity contribution >= 4 is 17.4 Å². The maximum Gasteiger partial charge on any atom is 0.124 e. The van der Waals surface area contributed by atoms with E-state index < -0.39 is 0 Å². The van der Waals surface area contributed by atoms with Crippen molar-refractivity contribution in [3.8, 4) is 0 Å². The highest BCUT2D eigenvalue weighted by Gasteiger charge is 2.03. The van der Waals surface area contributed by atoms with Crippen LogP contribution in [0.2, 0.25) is 5.02 Å². The normalized spacial score (nSPS) is 10.5. The van der Waals surface area contributed by atoms with E-state index in [0.29, 0.717) is 0 Å². The van der Waals surface area contributed by atoms with Gasteiger partial charge in [0.2, 0.25) is 0 Å². The van der Waals surface area contributed by atoms with Crippen LogP contribution < -0.4 is 5.32 Å². The van der Waals surface area contributed by atoms with Crippen molar-refractivity contribution < 1.29 is 0 Å². The molecule has 3 aromatic rings. The molecule has 0 aliphatic heterocycles. The highest BCUT2D eigenvalue weighted by molar-refractivity contribution is 6.30. The van der Waals surface area contributed by atoms with E-state index in [1.54, 1.807) is 0 Å². The van der Waals surface area contributed by atoms with E-state index in [2.05, 4.69) is 22.5 Å². The molecule has 0 aliphatic rings. The van der Waals surface area contributed by atoms with E-state index in [1.807, 2.05) is 59.4 Å². The molecule has 1 N–H and O–H groups in total. The summed E-state index contributed by atoms with van der Waals surface area (Å²) < 4.78 is 1.95. The van der Waals surface area contributed by atoms with E-state index >= 15 is 0 Å². The van der Waals surface area contributed by atoms with Crippen LogP contribution in [0.1, 0.15) is 11.1 Å². The second-order valence-corrected chi connectivity index (χ2v) is 5.28. The molecule has 0 aliphatic carbocycles. The second kappa shape index (κ2) is 6.46. The summed E-state index contributed by atoms with van der Waals surface area (Å²) in [6.07, 6.45) is 1.81. The lowest BCUT2D eigenvalue weighted by atomic mass is 10.2. The van der Waals surface area contributed by atoms with E-state index in [9.17, 15) is 0 Å². The summed E-state index contributed by atoms with van der Waals surface area (Å²) in [5.74, 6) is 1.01. The molecule has 0 saturated heterocycles. The molecule has 0 unspecified atom stereocenters. The lowest BCUT2D eigenvalue weighted by molar-refractivity contribution is 0.690. The van der Waals surface area contributed by atoms with Crippen molar-refractivity contribution in [3.05, 3.63) is 83.0 Å². The molecule has 0 atom stereocenters. The lowest BCUT2D eigenvalue weighted by Gasteiger charge is -2.10. The van der Waals surface area contributed by atoms with Crippen molar-refractivity contribution in [3.63, 3.8) is 0 Å². The Morgan fingerprint density at radius 1 is 0.905 bits per heavy atom. The highest BCUT2D eigenvalue weighted by atomic mass is 35.5. The summed E-state index contributed by atoms with van der Waals surface area (Å²) in [6.45, 7) is 1.51. The Kier molecular flexibility index (Phi) is 4.22. The molecule has 3 rings (SSSR count). The van der Waals surface area contributed by atoms with Crippen LogP contribution in [0.25, 0.3) is 0 Å². The van der Waals surface area contributed by atoms with Crippen molar-refractivity contribution in [1.82, 2.24) is 9.78 Å². The summed E-state index contributed by atoms with van der Waals surface area (Å²) in [4.78, 5) is 0. The molecule has 0 fully saturated rings. The van der Waals surface area contributed by atoms with Crippen molar-refractivity contribution in [2.75, 3.05) is 5.32 Å². The predicted molar refractivity (Wildman–Crippen MR) is 86.5 cm³/mol. The minimum absolute atomic E-state index is 0.724. The highest BCUT2D eigenvalue weighted by Crippen LogP contribution is 2.14. The van der Waals surface area contributed by atoms with Gasteiger partial charge in [-0.3, -0.25) is 0 Å². The van der Waals surface area contributed by atoms with Crippen molar-refractivity contribution in [2.45, 2.75) is 13.1 Å². The third-order valence-electron chi connectivity index (χ3n) is 3.28. The zero-order chi connectivity index (χ0) is 14.5. The van der Waals surface area contributed by atoms with Gasteiger partial charge in [0.25, 0.3) is 0 Å². The van der Waals surface area contributed by atoms with Crippen LogP contribution in [0.5, 0.6) is 0 Å². The minimum atomic E-state index is 0.724.